The van der Waals surface area contributed by atoms with E-state index in [1.54, 1.807) is 24.3 Å². The molecule has 1 aromatic rings. The van der Waals surface area contributed by atoms with Gasteiger partial charge in [-0.2, -0.15) is 0 Å². The fourth-order valence-electron chi connectivity index (χ4n) is 1.45. The van der Waals surface area contributed by atoms with Crippen LogP contribution in [-0.4, -0.2) is 30.4 Å². The third-order valence-corrected chi connectivity index (χ3v) is 2.48. The second-order valence-corrected chi connectivity index (χ2v) is 3.77. The molecule has 1 heterocycles. The standard InChI is InChI=1S/C10H12ClNO2.BrH/c11-7-1-3-8(4-2-7)14-10-6-12-5-9(10)13;/h1-4,9-10,12-13H,5-6H2;1H/t9-,10-;/m1./s1. The fraction of sp³-hybridized carbons (Fsp3) is 0.400. The van der Waals surface area contributed by atoms with E-state index in [9.17, 15) is 5.11 Å². The van der Waals surface area contributed by atoms with Crippen molar-refractivity contribution in [2.24, 2.45) is 0 Å². The van der Waals surface area contributed by atoms with Gasteiger partial charge in [0.15, 0.2) is 0 Å². The number of nitrogens with one attached hydrogen (secondary N) is 1. The molecule has 3 nitrogen and oxygen atoms in total. The summed E-state index contributed by atoms with van der Waals surface area (Å²) in [6, 6.07) is 7.14. The Morgan fingerprint density at radius 1 is 1.27 bits per heavy atom. The van der Waals surface area contributed by atoms with Crippen LogP contribution in [0.15, 0.2) is 24.3 Å². The average molecular weight is 295 g/mol. The van der Waals surface area contributed by atoms with Gasteiger partial charge in [0.25, 0.3) is 0 Å². The van der Waals surface area contributed by atoms with Gasteiger partial charge in [-0.1, -0.05) is 11.6 Å². The Kier molecular flexibility index (Phi) is 4.86. The lowest BCUT2D eigenvalue weighted by molar-refractivity contribution is 0.0738. The molecule has 1 saturated heterocycles. The molecule has 1 aromatic carbocycles. The molecule has 0 unspecified atom stereocenters. The average Bonchev–Trinajstić information content (AvgIpc) is 2.56. The molecule has 0 saturated carbocycles. The summed E-state index contributed by atoms with van der Waals surface area (Å²) in [4.78, 5) is 0. The first-order chi connectivity index (χ1) is 6.75. The Morgan fingerprint density at radius 3 is 2.47 bits per heavy atom. The smallest absolute Gasteiger partial charge is 0.138 e. The summed E-state index contributed by atoms with van der Waals surface area (Å²) in [5.41, 5.74) is 0. The van der Waals surface area contributed by atoms with Crippen LogP contribution in [-0.2, 0) is 0 Å². The summed E-state index contributed by atoms with van der Waals surface area (Å²) in [5, 5.41) is 13.2. The van der Waals surface area contributed by atoms with Crippen molar-refractivity contribution < 1.29 is 9.84 Å². The van der Waals surface area contributed by atoms with Crippen LogP contribution in [0.2, 0.25) is 5.02 Å². The minimum absolute atomic E-state index is 0. The third-order valence-electron chi connectivity index (χ3n) is 2.23. The van der Waals surface area contributed by atoms with Crippen molar-refractivity contribution in [3.05, 3.63) is 29.3 Å². The molecule has 2 rings (SSSR count). The molecular formula is C10H13BrClNO2. The Hall–Kier alpha value is -0.290. The first-order valence-corrected chi connectivity index (χ1v) is 4.94. The van der Waals surface area contributed by atoms with Gasteiger partial charge in [0.1, 0.15) is 18.0 Å². The predicted molar refractivity (Wildman–Crippen MR) is 65.1 cm³/mol. The number of β-amino-alcohol motifs (C(OH)–C–C–N with tert-alkyl or cyclic N) is 1. The van der Waals surface area contributed by atoms with Gasteiger partial charge in [0.05, 0.1) is 0 Å². The Labute approximate surface area is 104 Å². The molecule has 0 aromatic heterocycles. The summed E-state index contributed by atoms with van der Waals surface area (Å²) < 4.78 is 5.57. The zero-order valence-electron chi connectivity index (χ0n) is 8.02. The lowest BCUT2D eigenvalue weighted by Gasteiger charge is -2.15. The SMILES string of the molecule is Br.O[C@@H]1CNC[C@H]1Oc1ccc(Cl)cc1. The van der Waals surface area contributed by atoms with Crippen LogP contribution in [0.25, 0.3) is 0 Å². The predicted octanol–water partition coefficient (Wildman–Crippen LogP) is 1.63. The molecule has 0 aliphatic carbocycles. The van der Waals surface area contributed by atoms with Gasteiger partial charge in [0.2, 0.25) is 0 Å². The molecule has 0 spiro atoms. The molecule has 0 bridgehead atoms. The lowest BCUT2D eigenvalue weighted by atomic mass is 10.2. The maximum atomic E-state index is 9.49. The van der Waals surface area contributed by atoms with Gasteiger partial charge >= 0.3 is 0 Å². The molecule has 84 valence electrons. The van der Waals surface area contributed by atoms with Crippen molar-refractivity contribution in [1.82, 2.24) is 5.32 Å². The van der Waals surface area contributed by atoms with Gasteiger partial charge in [-0.15, -0.1) is 17.0 Å². The van der Waals surface area contributed by atoms with E-state index in [4.69, 9.17) is 16.3 Å². The van der Waals surface area contributed by atoms with E-state index in [1.807, 2.05) is 0 Å². The fourth-order valence-corrected chi connectivity index (χ4v) is 1.58. The van der Waals surface area contributed by atoms with E-state index in [0.29, 0.717) is 18.1 Å². The first kappa shape index (κ1) is 12.8. The molecule has 15 heavy (non-hydrogen) atoms. The molecule has 0 amide bonds. The molecule has 2 atom stereocenters. The molecular weight excluding hydrogens is 281 g/mol. The van der Waals surface area contributed by atoms with Crippen LogP contribution >= 0.6 is 28.6 Å². The molecule has 2 N–H and O–H groups in total. The summed E-state index contributed by atoms with van der Waals surface area (Å²) in [5.74, 6) is 0.738. The number of aliphatic hydroxyl groups is 1. The van der Waals surface area contributed by atoms with Crippen molar-refractivity contribution in [1.29, 1.82) is 0 Å². The van der Waals surface area contributed by atoms with Crippen molar-refractivity contribution in [3.8, 4) is 5.75 Å². The van der Waals surface area contributed by atoms with Crippen molar-refractivity contribution in [2.75, 3.05) is 13.1 Å². The molecule has 1 fully saturated rings. The van der Waals surface area contributed by atoms with Crippen LogP contribution in [0.4, 0.5) is 0 Å². The normalized spacial score (nSPS) is 24.7. The van der Waals surface area contributed by atoms with Crippen LogP contribution in [0, 0.1) is 0 Å². The first-order valence-electron chi connectivity index (χ1n) is 4.57. The summed E-state index contributed by atoms with van der Waals surface area (Å²) in [6.45, 7) is 1.28. The number of ether oxygens (including phenoxy) is 1. The van der Waals surface area contributed by atoms with E-state index in [1.165, 1.54) is 0 Å². The van der Waals surface area contributed by atoms with Gasteiger partial charge in [-0.3, -0.25) is 0 Å². The summed E-state index contributed by atoms with van der Waals surface area (Å²) in [7, 11) is 0. The highest BCUT2D eigenvalue weighted by molar-refractivity contribution is 8.93. The lowest BCUT2D eigenvalue weighted by Crippen LogP contribution is -2.29. The zero-order chi connectivity index (χ0) is 9.97. The van der Waals surface area contributed by atoms with E-state index < -0.39 is 6.10 Å². The van der Waals surface area contributed by atoms with Crippen molar-refractivity contribution in [2.45, 2.75) is 12.2 Å². The van der Waals surface area contributed by atoms with Crippen LogP contribution in [0.3, 0.4) is 0 Å². The number of rotatable bonds is 2. The maximum Gasteiger partial charge on any atom is 0.138 e. The second kappa shape index (κ2) is 5.70. The van der Waals surface area contributed by atoms with Gasteiger partial charge in [-0.05, 0) is 24.3 Å². The molecule has 5 heteroatoms. The third kappa shape index (κ3) is 3.34. The van der Waals surface area contributed by atoms with Crippen LogP contribution < -0.4 is 10.1 Å². The Morgan fingerprint density at radius 2 is 1.93 bits per heavy atom. The largest absolute Gasteiger partial charge is 0.486 e. The summed E-state index contributed by atoms with van der Waals surface area (Å²) in [6.07, 6.45) is -0.582. The molecule has 1 aliphatic heterocycles. The number of hydrogen-bond donors (Lipinski definition) is 2. The number of hydrogen-bond acceptors (Lipinski definition) is 3. The van der Waals surface area contributed by atoms with Crippen molar-refractivity contribution >= 4 is 28.6 Å². The number of aliphatic hydroxyl groups excluding tert-OH is 1. The van der Waals surface area contributed by atoms with Gasteiger partial charge in [-0.25, -0.2) is 0 Å². The minimum Gasteiger partial charge on any atom is -0.486 e. The topological polar surface area (TPSA) is 41.5 Å². The zero-order valence-corrected chi connectivity index (χ0v) is 10.5. The molecule has 1 aliphatic rings. The monoisotopic (exact) mass is 293 g/mol. The van der Waals surface area contributed by atoms with E-state index in [-0.39, 0.29) is 23.1 Å². The van der Waals surface area contributed by atoms with Crippen molar-refractivity contribution in [3.63, 3.8) is 0 Å². The minimum atomic E-state index is -0.425. The van der Waals surface area contributed by atoms with Crippen LogP contribution in [0.5, 0.6) is 5.75 Å². The highest BCUT2D eigenvalue weighted by Gasteiger charge is 2.26. The van der Waals surface area contributed by atoms with Gasteiger partial charge < -0.3 is 15.2 Å². The van der Waals surface area contributed by atoms with Gasteiger partial charge in [0, 0.05) is 18.1 Å². The van der Waals surface area contributed by atoms with Crippen LogP contribution in [0.1, 0.15) is 0 Å². The quantitative estimate of drug-likeness (QED) is 0.871. The van der Waals surface area contributed by atoms with E-state index in [0.717, 1.165) is 5.75 Å². The second-order valence-electron chi connectivity index (χ2n) is 3.34. The molecule has 0 radical (unpaired) electrons. The number of benzene rings is 1. The van der Waals surface area contributed by atoms with E-state index in [2.05, 4.69) is 5.32 Å². The Bertz CT molecular complexity index is 307. The number of halogens is 2. The highest BCUT2D eigenvalue weighted by atomic mass is 79.9. The van der Waals surface area contributed by atoms with E-state index >= 15 is 0 Å². The Balaban J connectivity index is 0.00000112. The highest BCUT2D eigenvalue weighted by Crippen LogP contribution is 2.18. The summed E-state index contributed by atoms with van der Waals surface area (Å²) >= 11 is 5.74. The maximum absolute atomic E-state index is 9.49.